The quantitative estimate of drug-likeness (QED) is 0.354. The maximum absolute atomic E-state index is 13.0. The number of rotatable bonds is 5. The minimum Gasteiger partial charge on any atom is -0.338 e. The lowest BCUT2D eigenvalue weighted by Gasteiger charge is -2.11. The molecule has 0 bridgehead atoms. The SMILES string of the molecule is Cc1nn(C)c(C)c1-c1nc(Nc2ccccc2)c2ncn(Cc3ccc(C(F)(F)F)cc3)c2n1. The molecule has 0 atom stereocenters. The van der Waals surface area contributed by atoms with E-state index >= 15 is 0 Å². The number of alkyl halides is 3. The maximum atomic E-state index is 13.0. The molecular formula is C25H22F3N7. The molecule has 5 rings (SSSR count). The van der Waals surface area contributed by atoms with Gasteiger partial charge in [-0.25, -0.2) is 15.0 Å². The Labute approximate surface area is 199 Å². The predicted molar refractivity (Wildman–Crippen MR) is 127 cm³/mol. The van der Waals surface area contributed by atoms with Crippen molar-refractivity contribution < 1.29 is 13.2 Å². The Morgan fingerprint density at radius 3 is 2.29 bits per heavy atom. The van der Waals surface area contributed by atoms with Crippen molar-refractivity contribution >= 4 is 22.7 Å². The van der Waals surface area contributed by atoms with Crippen LogP contribution in [-0.2, 0) is 19.8 Å². The molecule has 0 unspecified atom stereocenters. The smallest absolute Gasteiger partial charge is 0.338 e. The highest BCUT2D eigenvalue weighted by atomic mass is 19.4. The molecule has 0 fully saturated rings. The lowest BCUT2D eigenvalue weighted by Crippen LogP contribution is -2.06. The Morgan fingerprint density at radius 2 is 1.66 bits per heavy atom. The molecule has 10 heteroatoms. The first kappa shape index (κ1) is 22.6. The van der Waals surface area contributed by atoms with Gasteiger partial charge in [0, 0.05) is 18.4 Å². The van der Waals surface area contributed by atoms with Crippen molar-refractivity contribution in [1.29, 1.82) is 0 Å². The van der Waals surface area contributed by atoms with Crippen molar-refractivity contribution in [2.75, 3.05) is 5.32 Å². The molecule has 0 aliphatic carbocycles. The number of para-hydroxylation sites is 1. The minimum absolute atomic E-state index is 0.306. The third kappa shape index (κ3) is 4.34. The van der Waals surface area contributed by atoms with Crippen LogP contribution >= 0.6 is 0 Å². The van der Waals surface area contributed by atoms with Crippen molar-refractivity contribution in [3.8, 4) is 11.4 Å². The van der Waals surface area contributed by atoms with Crippen LogP contribution in [0.3, 0.4) is 0 Å². The molecule has 35 heavy (non-hydrogen) atoms. The molecule has 178 valence electrons. The van der Waals surface area contributed by atoms with Crippen LogP contribution in [0.15, 0.2) is 60.9 Å². The molecule has 7 nitrogen and oxygen atoms in total. The van der Waals surface area contributed by atoms with E-state index in [1.54, 1.807) is 15.6 Å². The van der Waals surface area contributed by atoms with Crippen LogP contribution in [0.1, 0.15) is 22.5 Å². The van der Waals surface area contributed by atoms with E-state index in [1.807, 2.05) is 51.2 Å². The summed E-state index contributed by atoms with van der Waals surface area (Å²) in [4.78, 5) is 14.1. The molecule has 0 spiro atoms. The molecule has 3 heterocycles. The maximum Gasteiger partial charge on any atom is 0.416 e. The monoisotopic (exact) mass is 477 g/mol. The summed E-state index contributed by atoms with van der Waals surface area (Å²) in [6.07, 6.45) is -2.75. The van der Waals surface area contributed by atoms with Crippen molar-refractivity contribution in [1.82, 2.24) is 29.3 Å². The molecular weight excluding hydrogens is 455 g/mol. The topological polar surface area (TPSA) is 73.5 Å². The molecule has 0 saturated carbocycles. The van der Waals surface area contributed by atoms with E-state index < -0.39 is 11.7 Å². The number of nitrogens with zero attached hydrogens (tertiary/aromatic N) is 6. The fourth-order valence-electron chi connectivity index (χ4n) is 4.01. The Morgan fingerprint density at radius 1 is 0.943 bits per heavy atom. The third-order valence-electron chi connectivity index (χ3n) is 5.87. The van der Waals surface area contributed by atoms with E-state index in [-0.39, 0.29) is 0 Å². The zero-order valence-electron chi connectivity index (χ0n) is 19.3. The van der Waals surface area contributed by atoms with Crippen LogP contribution in [0, 0.1) is 13.8 Å². The number of imidazole rings is 1. The molecule has 5 aromatic rings. The summed E-state index contributed by atoms with van der Waals surface area (Å²) in [5.74, 6) is 1.03. The Kier molecular flexibility index (Phi) is 5.50. The summed E-state index contributed by atoms with van der Waals surface area (Å²) in [7, 11) is 1.86. The van der Waals surface area contributed by atoms with Gasteiger partial charge in [0.15, 0.2) is 22.8 Å². The Balaban J connectivity index is 1.61. The van der Waals surface area contributed by atoms with Gasteiger partial charge in [-0.05, 0) is 43.7 Å². The highest BCUT2D eigenvalue weighted by molar-refractivity contribution is 5.87. The van der Waals surface area contributed by atoms with Gasteiger partial charge in [0.05, 0.1) is 29.7 Å². The second kappa shape index (κ2) is 8.53. The molecule has 0 aliphatic heterocycles. The standard InChI is InChI=1S/C25H22F3N7/c1-15-20(16(2)34(3)33-15)22-31-23(30-19-7-5-4-6-8-19)21-24(32-22)35(14-29-21)13-17-9-11-18(12-10-17)25(26,27)28/h4-12,14H,13H2,1-3H3,(H,30,31,32). The molecule has 3 aromatic heterocycles. The van der Waals surface area contributed by atoms with Gasteiger partial charge in [-0.2, -0.15) is 18.3 Å². The second-order valence-corrected chi connectivity index (χ2v) is 8.30. The van der Waals surface area contributed by atoms with Gasteiger partial charge in [-0.3, -0.25) is 4.68 Å². The van der Waals surface area contributed by atoms with E-state index in [0.717, 1.165) is 34.8 Å². The lowest BCUT2D eigenvalue weighted by molar-refractivity contribution is -0.137. The van der Waals surface area contributed by atoms with E-state index in [2.05, 4.69) is 15.4 Å². The van der Waals surface area contributed by atoms with E-state index in [0.29, 0.717) is 34.9 Å². The van der Waals surface area contributed by atoms with Crippen LogP contribution < -0.4 is 5.32 Å². The summed E-state index contributed by atoms with van der Waals surface area (Å²) in [5.41, 5.74) is 4.52. The number of hydrogen-bond acceptors (Lipinski definition) is 5. The van der Waals surface area contributed by atoms with Crippen LogP contribution in [0.4, 0.5) is 24.7 Å². The van der Waals surface area contributed by atoms with Gasteiger partial charge in [0.1, 0.15) is 0 Å². The number of hydrogen-bond donors (Lipinski definition) is 1. The lowest BCUT2D eigenvalue weighted by atomic mass is 10.1. The molecule has 2 aromatic carbocycles. The van der Waals surface area contributed by atoms with Gasteiger partial charge < -0.3 is 9.88 Å². The van der Waals surface area contributed by atoms with Crippen molar-refractivity contribution in [3.05, 3.63) is 83.4 Å². The normalized spacial score (nSPS) is 11.8. The average Bonchev–Trinajstić information content (AvgIpc) is 3.33. The van der Waals surface area contributed by atoms with Gasteiger partial charge >= 0.3 is 6.18 Å². The van der Waals surface area contributed by atoms with E-state index in [1.165, 1.54) is 12.1 Å². The highest BCUT2D eigenvalue weighted by Gasteiger charge is 2.30. The van der Waals surface area contributed by atoms with Crippen LogP contribution in [0.25, 0.3) is 22.6 Å². The van der Waals surface area contributed by atoms with Gasteiger partial charge in [-0.1, -0.05) is 30.3 Å². The average molecular weight is 477 g/mol. The molecule has 0 amide bonds. The molecule has 1 N–H and O–H groups in total. The van der Waals surface area contributed by atoms with Gasteiger partial charge in [0.25, 0.3) is 0 Å². The first-order valence-corrected chi connectivity index (χ1v) is 10.9. The van der Waals surface area contributed by atoms with Crippen LogP contribution in [0.5, 0.6) is 0 Å². The molecule has 0 aliphatic rings. The fraction of sp³-hybridized carbons (Fsp3) is 0.200. The van der Waals surface area contributed by atoms with E-state index in [9.17, 15) is 13.2 Å². The van der Waals surface area contributed by atoms with E-state index in [4.69, 9.17) is 9.97 Å². The second-order valence-electron chi connectivity index (χ2n) is 8.30. The molecule has 0 radical (unpaired) electrons. The first-order chi connectivity index (χ1) is 16.7. The summed E-state index contributed by atoms with van der Waals surface area (Å²) in [6.45, 7) is 4.16. The number of anilines is 2. The number of halogens is 3. The zero-order chi connectivity index (χ0) is 24.7. The summed E-state index contributed by atoms with van der Waals surface area (Å²) >= 11 is 0. The van der Waals surface area contributed by atoms with Crippen molar-refractivity contribution in [2.24, 2.45) is 7.05 Å². The summed E-state index contributed by atoms with van der Waals surface area (Å²) < 4.78 is 42.5. The van der Waals surface area contributed by atoms with Crippen molar-refractivity contribution in [2.45, 2.75) is 26.6 Å². The number of nitrogens with one attached hydrogen (secondary N) is 1. The Hall–Kier alpha value is -4.21. The molecule has 0 saturated heterocycles. The predicted octanol–water partition coefficient (Wildman–Crippen LogP) is 5.65. The van der Waals surface area contributed by atoms with Crippen LogP contribution in [0.2, 0.25) is 0 Å². The summed E-state index contributed by atoms with van der Waals surface area (Å²) in [6, 6.07) is 14.7. The fourth-order valence-corrected chi connectivity index (χ4v) is 4.01. The minimum atomic E-state index is -4.38. The summed E-state index contributed by atoms with van der Waals surface area (Å²) in [5, 5.41) is 7.81. The first-order valence-electron chi connectivity index (χ1n) is 10.9. The Bertz CT molecular complexity index is 1500. The number of aromatic nitrogens is 6. The number of benzene rings is 2. The van der Waals surface area contributed by atoms with Gasteiger partial charge in [-0.15, -0.1) is 0 Å². The van der Waals surface area contributed by atoms with Crippen molar-refractivity contribution in [3.63, 3.8) is 0 Å². The third-order valence-corrected chi connectivity index (χ3v) is 5.87. The zero-order valence-corrected chi connectivity index (χ0v) is 19.3. The van der Waals surface area contributed by atoms with Gasteiger partial charge in [0.2, 0.25) is 0 Å². The number of fused-ring (bicyclic) bond motifs is 1. The van der Waals surface area contributed by atoms with Crippen LogP contribution in [-0.4, -0.2) is 29.3 Å². The highest BCUT2D eigenvalue weighted by Crippen LogP contribution is 2.31. The largest absolute Gasteiger partial charge is 0.416 e. The number of aryl methyl sites for hydroxylation is 2.